The molecule has 0 spiro atoms. The summed E-state index contributed by atoms with van der Waals surface area (Å²) in [7, 11) is 3.83. The molecule has 1 atom stereocenters. The minimum Gasteiger partial charge on any atom is -0.493 e. The molecule has 8 nitrogen and oxygen atoms in total. The lowest BCUT2D eigenvalue weighted by atomic mass is 9.82. The summed E-state index contributed by atoms with van der Waals surface area (Å²) in [5.41, 5.74) is 8.95. The van der Waals surface area contributed by atoms with E-state index in [-0.39, 0.29) is 0 Å². The van der Waals surface area contributed by atoms with Gasteiger partial charge in [0.25, 0.3) is 0 Å². The van der Waals surface area contributed by atoms with Crippen molar-refractivity contribution in [3.63, 3.8) is 0 Å². The van der Waals surface area contributed by atoms with Gasteiger partial charge in [-0.1, -0.05) is 24.3 Å². The van der Waals surface area contributed by atoms with E-state index in [0.29, 0.717) is 24.7 Å². The van der Waals surface area contributed by atoms with Crippen LogP contribution in [0.1, 0.15) is 55.5 Å². The van der Waals surface area contributed by atoms with Gasteiger partial charge < -0.3 is 24.8 Å². The number of carbonyl (C=O) groups is 1. The third kappa shape index (κ3) is 5.10. The number of aryl methyl sites for hydroxylation is 2. The normalized spacial score (nSPS) is 14.8. The molecule has 8 heteroatoms. The summed E-state index contributed by atoms with van der Waals surface area (Å²) in [6.07, 6.45) is 5.60. The number of rotatable bonds is 6. The van der Waals surface area contributed by atoms with Crippen LogP contribution in [0.4, 0.5) is 11.6 Å². The van der Waals surface area contributed by atoms with E-state index in [1.807, 2.05) is 65.2 Å². The first-order valence-corrected chi connectivity index (χ1v) is 14.6. The Hall–Kier alpha value is -4.43. The summed E-state index contributed by atoms with van der Waals surface area (Å²) in [6, 6.07) is 10.3. The molecule has 0 bridgehead atoms. The number of benzene rings is 3. The molecule has 2 aliphatic rings. The van der Waals surface area contributed by atoms with Crippen molar-refractivity contribution >= 4 is 34.0 Å². The molecule has 222 valence electrons. The number of nitrogens with zero attached hydrogens (tertiary/aromatic N) is 3. The van der Waals surface area contributed by atoms with Crippen LogP contribution < -0.4 is 15.0 Å². The number of carboxylic acids is 1. The molecule has 0 saturated carbocycles. The fraction of sp³-hybridized carbons (Fsp3) is 0.343. The molecule has 0 aliphatic carbocycles. The minimum absolute atomic E-state index is 0.648. The highest BCUT2D eigenvalue weighted by Gasteiger charge is 2.34. The molecule has 2 N–H and O–H groups in total. The maximum Gasteiger partial charge on any atom is 0.337 e. The number of aromatic nitrogens is 2. The van der Waals surface area contributed by atoms with Gasteiger partial charge in [0, 0.05) is 61.7 Å². The predicted molar refractivity (Wildman–Crippen MR) is 172 cm³/mol. The number of hydrogen-bond donors (Lipinski definition) is 2. The van der Waals surface area contributed by atoms with Crippen molar-refractivity contribution < 1.29 is 19.4 Å². The number of carboxylic acid groups (broad SMARTS) is 1. The first kappa shape index (κ1) is 28.7. The molecule has 4 aromatic rings. The van der Waals surface area contributed by atoms with Gasteiger partial charge in [0.05, 0.1) is 17.9 Å². The SMILES string of the molecule is Cc1cc2c(C)c(-c3cnc(N(C)C)nc3)ccc2c(-c2ccc3c4c2NCC=C4CCO3)c1C(OC(C)(C)C)C(=O)O. The zero-order chi connectivity index (χ0) is 30.6. The van der Waals surface area contributed by atoms with Gasteiger partial charge in [-0.15, -0.1) is 0 Å². The molecule has 0 radical (unpaired) electrons. The molecular formula is C35H38N4O4. The summed E-state index contributed by atoms with van der Waals surface area (Å²) in [5, 5.41) is 16.1. The van der Waals surface area contributed by atoms with E-state index in [2.05, 4.69) is 52.5 Å². The topological polar surface area (TPSA) is 96.8 Å². The lowest BCUT2D eigenvalue weighted by molar-refractivity contribution is -0.160. The lowest BCUT2D eigenvalue weighted by Crippen LogP contribution is -2.28. The summed E-state index contributed by atoms with van der Waals surface area (Å²) >= 11 is 0. The van der Waals surface area contributed by atoms with E-state index < -0.39 is 17.7 Å². The third-order valence-corrected chi connectivity index (χ3v) is 8.16. The third-order valence-electron chi connectivity index (χ3n) is 8.16. The van der Waals surface area contributed by atoms with Crippen molar-refractivity contribution in [3.8, 4) is 28.0 Å². The molecule has 3 heterocycles. The van der Waals surface area contributed by atoms with E-state index >= 15 is 0 Å². The molecule has 1 unspecified atom stereocenters. The van der Waals surface area contributed by atoms with Crippen LogP contribution in [0, 0.1) is 13.8 Å². The Morgan fingerprint density at radius 3 is 2.44 bits per heavy atom. The van der Waals surface area contributed by atoms with Gasteiger partial charge in [-0.25, -0.2) is 14.8 Å². The minimum atomic E-state index is -1.16. The number of ether oxygens (including phenoxy) is 2. The Morgan fingerprint density at radius 2 is 1.77 bits per heavy atom. The van der Waals surface area contributed by atoms with E-state index in [1.165, 1.54) is 5.57 Å². The van der Waals surface area contributed by atoms with Crippen molar-refractivity contribution in [3.05, 3.63) is 71.1 Å². The molecule has 6 rings (SSSR count). The van der Waals surface area contributed by atoms with Gasteiger partial charge in [0.1, 0.15) is 5.75 Å². The Labute approximate surface area is 252 Å². The zero-order valence-corrected chi connectivity index (χ0v) is 25.8. The predicted octanol–water partition coefficient (Wildman–Crippen LogP) is 7.18. The summed E-state index contributed by atoms with van der Waals surface area (Å²) < 4.78 is 12.3. The standard InChI is InChI=1S/C35H38N4O4/c1-19-16-26-20(2)23(22-17-37-34(38-18-22)39(6)7)8-9-24(26)30(28(19)32(33(40)41)43-35(3,4)5)25-10-11-27-29-21(13-15-42-27)12-14-36-31(25)29/h8-12,16-18,32,36H,13-15H2,1-7H3,(H,40,41). The van der Waals surface area contributed by atoms with Gasteiger partial charge in [0.2, 0.25) is 5.95 Å². The number of aliphatic carboxylic acids is 1. The maximum absolute atomic E-state index is 12.9. The van der Waals surface area contributed by atoms with Gasteiger partial charge in [0.15, 0.2) is 6.10 Å². The molecule has 0 amide bonds. The van der Waals surface area contributed by atoms with Crippen LogP contribution in [0.25, 0.3) is 38.6 Å². The molecule has 3 aromatic carbocycles. The van der Waals surface area contributed by atoms with Gasteiger partial charge >= 0.3 is 5.97 Å². The first-order chi connectivity index (χ1) is 20.4. The van der Waals surface area contributed by atoms with Crippen molar-refractivity contribution in [2.24, 2.45) is 0 Å². The van der Waals surface area contributed by atoms with E-state index in [9.17, 15) is 9.90 Å². The summed E-state index contributed by atoms with van der Waals surface area (Å²) in [6.45, 7) is 11.1. The van der Waals surface area contributed by atoms with Gasteiger partial charge in [-0.2, -0.15) is 0 Å². The van der Waals surface area contributed by atoms with Crippen molar-refractivity contribution in [2.75, 3.05) is 37.5 Å². The average Bonchev–Trinajstić information content (AvgIpc) is 2.96. The second-order valence-electron chi connectivity index (χ2n) is 12.5. The first-order valence-electron chi connectivity index (χ1n) is 14.6. The van der Waals surface area contributed by atoms with Crippen LogP contribution in [0.3, 0.4) is 0 Å². The maximum atomic E-state index is 12.9. The molecule has 43 heavy (non-hydrogen) atoms. The van der Waals surface area contributed by atoms with Crippen molar-refractivity contribution in [2.45, 2.75) is 52.7 Å². The zero-order valence-electron chi connectivity index (χ0n) is 25.8. The Bertz CT molecular complexity index is 1790. The fourth-order valence-corrected chi connectivity index (χ4v) is 6.28. The monoisotopic (exact) mass is 578 g/mol. The highest BCUT2D eigenvalue weighted by molar-refractivity contribution is 6.08. The second-order valence-corrected chi connectivity index (χ2v) is 12.5. The smallest absolute Gasteiger partial charge is 0.337 e. The van der Waals surface area contributed by atoms with Gasteiger partial charge in [-0.05, 0) is 85.4 Å². The molecule has 2 aliphatic heterocycles. The Kier molecular flexibility index (Phi) is 7.13. The highest BCUT2D eigenvalue weighted by atomic mass is 16.5. The fourth-order valence-electron chi connectivity index (χ4n) is 6.28. The van der Waals surface area contributed by atoms with Crippen LogP contribution in [0.5, 0.6) is 5.75 Å². The van der Waals surface area contributed by atoms with Crippen LogP contribution in [-0.4, -0.2) is 53.9 Å². The largest absolute Gasteiger partial charge is 0.493 e. The van der Waals surface area contributed by atoms with E-state index in [0.717, 1.165) is 67.6 Å². The summed E-state index contributed by atoms with van der Waals surface area (Å²) in [5.74, 6) is 0.478. The second kappa shape index (κ2) is 10.7. The van der Waals surface area contributed by atoms with E-state index in [4.69, 9.17) is 9.47 Å². The number of fused-ring (bicyclic) bond motifs is 1. The molecular weight excluding hydrogens is 540 g/mol. The van der Waals surface area contributed by atoms with Crippen LogP contribution in [0.2, 0.25) is 0 Å². The number of hydrogen-bond acceptors (Lipinski definition) is 7. The summed E-state index contributed by atoms with van der Waals surface area (Å²) in [4.78, 5) is 23.8. The van der Waals surface area contributed by atoms with Crippen LogP contribution >= 0.6 is 0 Å². The average molecular weight is 579 g/mol. The van der Waals surface area contributed by atoms with Crippen molar-refractivity contribution in [1.29, 1.82) is 0 Å². The van der Waals surface area contributed by atoms with Crippen molar-refractivity contribution in [1.82, 2.24) is 9.97 Å². The highest BCUT2D eigenvalue weighted by Crippen LogP contribution is 2.50. The number of nitrogens with one attached hydrogen (secondary N) is 1. The number of anilines is 2. The molecule has 0 fully saturated rings. The molecule has 1 aromatic heterocycles. The van der Waals surface area contributed by atoms with E-state index in [1.54, 1.807) is 0 Å². The lowest BCUT2D eigenvalue weighted by Gasteiger charge is -2.32. The van der Waals surface area contributed by atoms with Crippen LogP contribution in [0.15, 0.2) is 48.8 Å². The quantitative estimate of drug-likeness (QED) is 0.248. The molecule has 0 saturated heterocycles. The van der Waals surface area contributed by atoms with Crippen LogP contribution in [-0.2, 0) is 9.53 Å². The Balaban J connectivity index is 1.66. The Morgan fingerprint density at radius 1 is 1.05 bits per heavy atom. The van der Waals surface area contributed by atoms with Gasteiger partial charge in [-0.3, -0.25) is 0 Å².